The van der Waals surface area contributed by atoms with Crippen LogP contribution in [0.2, 0.25) is 0 Å². The Morgan fingerprint density at radius 3 is 2.00 bits per heavy atom. The third kappa shape index (κ3) is 6.02. The van der Waals surface area contributed by atoms with E-state index in [-0.39, 0.29) is 10.8 Å². The summed E-state index contributed by atoms with van der Waals surface area (Å²) in [7, 11) is 0. The summed E-state index contributed by atoms with van der Waals surface area (Å²) in [5, 5.41) is 10.3. The number of rotatable bonds is 4. The Labute approximate surface area is 386 Å². The van der Waals surface area contributed by atoms with E-state index in [0.29, 0.717) is 0 Å². The molecule has 8 aromatic carbocycles. The molecule has 0 spiro atoms. The summed E-state index contributed by atoms with van der Waals surface area (Å²) in [5.41, 5.74) is 17.2. The monoisotopic (exact) mass is 850 g/mol. The molecule has 9 aromatic rings. The van der Waals surface area contributed by atoms with E-state index in [0.717, 1.165) is 24.0 Å². The minimum Gasteiger partial charge on any atom is -0.135 e. The van der Waals surface area contributed by atoms with Crippen LogP contribution in [0.5, 0.6) is 0 Å². The Morgan fingerprint density at radius 1 is 0.554 bits per heavy atom. The van der Waals surface area contributed by atoms with E-state index in [1.54, 1.807) is 0 Å². The van der Waals surface area contributed by atoms with Gasteiger partial charge in [0.25, 0.3) is 0 Å². The Bertz CT molecular complexity index is 3670. The summed E-state index contributed by atoms with van der Waals surface area (Å²) >= 11 is 1.89. The molecule has 0 bridgehead atoms. The van der Waals surface area contributed by atoms with Gasteiger partial charge in [-0.15, -0.1) is 11.3 Å². The molecule has 0 saturated carbocycles. The molecule has 0 amide bonds. The average molecular weight is 851 g/mol. The zero-order valence-electron chi connectivity index (χ0n) is 37.6. The van der Waals surface area contributed by atoms with E-state index in [4.69, 9.17) is 13.2 Å². The van der Waals surface area contributed by atoms with Crippen LogP contribution in [0, 0.1) is 0 Å². The van der Waals surface area contributed by atoms with Crippen molar-refractivity contribution in [1.29, 1.82) is 0 Å². The topological polar surface area (TPSA) is 0 Å². The highest BCUT2D eigenvalue weighted by Gasteiger charge is 2.39. The molecule has 0 unspecified atom stereocenters. The van der Waals surface area contributed by atoms with Crippen molar-refractivity contribution in [2.75, 3.05) is 0 Å². The van der Waals surface area contributed by atoms with Crippen molar-refractivity contribution < 1.29 is 0 Å². The lowest BCUT2D eigenvalue weighted by molar-refractivity contribution is 0.661. The first-order chi connectivity index (χ1) is 31.6. The largest absolute Gasteiger partial charge is 0.135 e. The van der Waals surface area contributed by atoms with Crippen molar-refractivity contribution in [3.8, 4) is 22.3 Å². The fraction of sp³-hybridized carbons (Fsp3) is 0.125. The van der Waals surface area contributed by atoms with Gasteiger partial charge in [0.05, 0.1) is 0 Å². The number of thiophene rings is 1. The molecule has 3 aliphatic rings. The van der Waals surface area contributed by atoms with Crippen LogP contribution in [0.15, 0.2) is 201 Å². The van der Waals surface area contributed by atoms with Gasteiger partial charge in [-0.25, -0.2) is 0 Å². The Morgan fingerprint density at radius 2 is 1.22 bits per heavy atom. The van der Waals surface area contributed by atoms with Crippen LogP contribution in [0.1, 0.15) is 73.9 Å². The molecule has 0 atom stereocenters. The molecule has 12 rings (SSSR count). The first-order valence-corrected chi connectivity index (χ1v) is 23.8. The lowest BCUT2D eigenvalue weighted by atomic mass is 9.79. The van der Waals surface area contributed by atoms with Gasteiger partial charge < -0.3 is 0 Å². The van der Waals surface area contributed by atoms with Crippen LogP contribution in [0.25, 0.3) is 91.5 Å². The summed E-state index contributed by atoms with van der Waals surface area (Å²) in [4.78, 5) is 0. The van der Waals surface area contributed by atoms with Crippen molar-refractivity contribution in [1.82, 2.24) is 0 Å². The third-order valence-electron chi connectivity index (χ3n) is 14.8. The number of hydrogen-bond acceptors (Lipinski definition) is 1. The van der Waals surface area contributed by atoms with E-state index in [1.165, 1.54) is 119 Å². The normalized spacial score (nSPS) is 19.0. The molecule has 0 nitrogen and oxygen atoms in total. The van der Waals surface area contributed by atoms with E-state index in [1.807, 2.05) is 11.3 Å². The second kappa shape index (κ2) is 14.7. The van der Waals surface area contributed by atoms with Crippen molar-refractivity contribution >= 4 is 80.5 Å². The van der Waals surface area contributed by atoms with Crippen LogP contribution in [0.4, 0.5) is 0 Å². The third-order valence-corrected chi connectivity index (χ3v) is 15.9. The lowest BCUT2D eigenvalue weighted by Gasteiger charge is -2.24. The molecule has 3 aliphatic carbocycles. The summed E-state index contributed by atoms with van der Waals surface area (Å²) in [6, 6.07) is 50.4. The molecule has 1 heterocycles. The maximum atomic E-state index is 4.86. The molecular formula is C64H50S. The molecule has 0 fully saturated rings. The number of benzene rings is 8. The SMILES string of the molecule is C=C1/C(=C\C(=C)c2c3ccccc3c(/C3=C/C=C\C/C=C\C=C/C3)c3ccccc23)C(C)(C)c2cc(-c3ccc4c(c3)-c3ccc5cc6sc7ccccc7c6cc5c3C4(C)C)ccc21. The molecule has 0 aliphatic heterocycles. The van der Waals surface area contributed by atoms with Gasteiger partial charge in [0.2, 0.25) is 0 Å². The van der Waals surface area contributed by atoms with Crippen molar-refractivity contribution in [3.05, 3.63) is 234 Å². The molecule has 1 aromatic heterocycles. The quantitative estimate of drug-likeness (QED) is 0.155. The summed E-state index contributed by atoms with van der Waals surface area (Å²) in [5.74, 6) is 0. The Hall–Kier alpha value is -7.06. The van der Waals surface area contributed by atoms with Gasteiger partial charge in [-0.05, 0) is 153 Å². The van der Waals surface area contributed by atoms with Gasteiger partial charge in [0, 0.05) is 31.0 Å². The summed E-state index contributed by atoms with van der Waals surface area (Å²) in [6.07, 6.45) is 19.7. The fourth-order valence-corrected chi connectivity index (χ4v) is 12.7. The molecule has 312 valence electrons. The van der Waals surface area contributed by atoms with Gasteiger partial charge >= 0.3 is 0 Å². The van der Waals surface area contributed by atoms with Gasteiger partial charge in [-0.3, -0.25) is 0 Å². The number of hydrogen-bond donors (Lipinski definition) is 0. The Kier molecular flexibility index (Phi) is 8.96. The molecule has 0 saturated heterocycles. The number of allylic oxidation sites excluding steroid dienone is 12. The van der Waals surface area contributed by atoms with E-state index < -0.39 is 0 Å². The molecule has 0 radical (unpaired) electrons. The average Bonchev–Trinajstić information content (AvgIpc) is 3.87. The highest BCUT2D eigenvalue weighted by Crippen LogP contribution is 2.55. The molecule has 0 N–H and O–H groups in total. The van der Waals surface area contributed by atoms with Crippen LogP contribution >= 0.6 is 11.3 Å². The van der Waals surface area contributed by atoms with Crippen molar-refractivity contribution in [3.63, 3.8) is 0 Å². The molecule has 65 heavy (non-hydrogen) atoms. The minimum atomic E-state index is -0.285. The van der Waals surface area contributed by atoms with E-state index >= 15 is 0 Å². The van der Waals surface area contributed by atoms with Gasteiger partial charge in [0.15, 0.2) is 0 Å². The van der Waals surface area contributed by atoms with Crippen LogP contribution in [-0.4, -0.2) is 0 Å². The highest BCUT2D eigenvalue weighted by molar-refractivity contribution is 7.25. The second-order valence-electron chi connectivity index (χ2n) is 19.2. The maximum absolute atomic E-state index is 4.86. The minimum absolute atomic E-state index is 0.129. The summed E-state index contributed by atoms with van der Waals surface area (Å²) in [6.45, 7) is 19.1. The first kappa shape index (κ1) is 39.5. The second-order valence-corrected chi connectivity index (χ2v) is 20.3. The van der Waals surface area contributed by atoms with Gasteiger partial charge in [0.1, 0.15) is 0 Å². The smallest absolute Gasteiger partial charge is 0.0361 e. The van der Waals surface area contributed by atoms with E-state index in [9.17, 15) is 0 Å². The van der Waals surface area contributed by atoms with Crippen LogP contribution in [0.3, 0.4) is 0 Å². The maximum Gasteiger partial charge on any atom is 0.0361 e. The van der Waals surface area contributed by atoms with Crippen molar-refractivity contribution in [2.24, 2.45) is 0 Å². The van der Waals surface area contributed by atoms with E-state index in [2.05, 4.69) is 210 Å². The molecular weight excluding hydrogens is 801 g/mol. The zero-order chi connectivity index (χ0) is 44.2. The van der Waals surface area contributed by atoms with Gasteiger partial charge in [-0.1, -0.05) is 193 Å². The zero-order valence-corrected chi connectivity index (χ0v) is 38.4. The van der Waals surface area contributed by atoms with Crippen LogP contribution in [-0.2, 0) is 10.8 Å². The Balaban J connectivity index is 0.932. The fourth-order valence-electron chi connectivity index (χ4n) is 11.6. The molecule has 1 heteroatoms. The predicted octanol–water partition coefficient (Wildman–Crippen LogP) is 18.3. The standard InChI is InChI=1S/C64H50S/c1-39(60-47-23-14-16-25-49(47)61(50-26-17-15-24-48(50)60)41-20-12-10-8-7-9-11-13-21-41)34-56-40(2)45-31-28-43(36-57(45)63(56,3)4)42-30-33-55-53(35-42)51-32-29-44-37-59-54(38-52(44)62(51)64(55,5)6)46-22-18-19-27-58(46)65-59/h7-8,10-19,21-38H,1-2,9,20H2,3-6H3/b8-7-,12-10-,13-11-,41-21+,56-34+. The van der Waals surface area contributed by atoms with Crippen molar-refractivity contribution in [2.45, 2.75) is 51.4 Å². The number of fused-ring (bicyclic) bond motifs is 11. The predicted molar refractivity (Wildman–Crippen MR) is 285 cm³/mol. The lowest BCUT2D eigenvalue weighted by Crippen LogP contribution is -2.15. The first-order valence-electron chi connectivity index (χ1n) is 23.0. The van der Waals surface area contributed by atoms with Crippen LogP contribution < -0.4 is 0 Å². The van der Waals surface area contributed by atoms with Gasteiger partial charge in [-0.2, -0.15) is 0 Å². The summed E-state index contributed by atoms with van der Waals surface area (Å²) < 4.78 is 2.70. The highest BCUT2D eigenvalue weighted by atomic mass is 32.1.